The average molecular weight is 399 g/mol. The number of amides is 1. The second-order valence-corrected chi connectivity index (χ2v) is 8.01. The third-order valence-corrected chi connectivity index (χ3v) is 6.03. The van der Waals surface area contributed by atoms with Gasteiger partial charge in [0.15, 0.2) is 0 Å². The lowest BCUT2D eigenvalue weighted by Crippen LogP contribution is -2.48. The molecular formula is C22H26FN3O3. The van der Waals surface area contributed by atoms with E-state index in [-0.39, 0.29) is 24.3 Å². The fourth-order valence-corrected chi connectivity index (χ4v) is 4.26. The van der Waals surface area contributed by atoms with Crippen LogP contribution in [-0.2, 0) is 4.79 Å². The van der Waals surface area contributed by atoms with Crippen molar-refractivity contribution in [3.8, 4) is 0 Å². The van der Waals surface area contributed by atoms with Gasteiger partial charge in [0, 0.05) is 36.1 Å². The Bertz CT molecular complexity index is 936. The minimum absolute atomic E-state index is 0.0220. The first-order valence-corrected chi connectivity index (χ1v) is 10.3. The third kappa shape index (κ3) is 4.24. The fourth-order valence-electron chi connectivity index (χ4n) is 4.26. The first-order chi connectivity index (χ1) is 14.0. The van der Waals surface area contributed by atoms with Crippen molar-refractivity contribution >= 4 is 22.8 Å². The number of carboxylic acid groups (broad SMARTS) is 1. The molecule has 1 saturated heterocycles. The Morgan fingerprint density at radius 1 is 1.21 bits per heavy atom. The van der Waals surface area contributed by atoms with Gasteiger partial charge in [0.05, 0.1) is 17.6 Å². The molecule has 2 heterocycles. The van der Waals surface area contributed by atoms with Crippen LogP contribution in [0.5, 0.6) is 0 Å². The zero-order valence-corrected chi connectivity index (χ0v) is 16.6. The van der Waals surface area contributed by atoms with Gasteiger partial charge < -0.3 is 10.0 Å². The largest absolute Gasteiger partial charge is 0.480 e. The van der Waals surface area contributed by atoms with Crippen molar-refractivity contribution in [3.63, 3.8) is 0 Å². The number of piperidine rings is 1. The number of aromatic nitrogens is 1. The zero-order valence-electron chi connectivity index (χ0n) is 16.6. The molecule has 0 spiro atoms. The second kappa shape index (κ2) is 8.06. The lowest BCUT2D eigenvalue weighted by Gasteiger charge is -2.37. The number of benzene rings is 1. The molecule has 0 bridgehead atoms. The van der Waals surface area contributed by atoms with Crippen LogP contribution in [0.15, 0.2) is 24.3 Å². The highest BCUT2D eigenvalue weighted by molar-refractivity contribution is 6.06. The Labute approximate surface area is 169 Å². The second-order valence-electron chi connectivity index (χ2n) is 8.01. The summed E-state index contributed by atoms with van der Waals surface area (Å²) in [6, 6.07) is 6.42. The van der Waals surface area contributed by atoms with Crippen molar-refractivity contribution in [1.29, 1.82) is 0 Å². The number of carbonyl (C=O) groups is 2. The lowest BCUT2D eigenvalue weighted by atomic mass is 10.00. The summed E-state index contributed by atoms with van der Waals surface area (Å²) in [6.45, 7) is 3.78. The topological polar surface area (TPSA) is 73.7 Å². The van der Waals surface area contributed by atoms with E-state index in [1.807, 2.05) is 22.8 Å². The molecule has 29 heavy (non-hydrogen) atoms. The molecule has 7 heteroatoms. The number of pyridine rings is 1. The van der Waals surface area contributed by atoms with Crippen LogP contribution >= 0.6 is 0 Å². The minimum atomic E-state index is -0.830. The molecule has 2 aromatic rings. The van der Waals surface area contributed by atoms with Gasteiger partial charge in [0.2, 0.25) is 0 Å². The first kappa shape index (κ1) is 19.8. The Kier molecular flexibility index (Phi) is 5.50. The molecule has 1 N–H and O–H groups in total. The van der Waals surface area contributed by atoms with Crippen LogP contribution in [0.3, 0.4) is 0 Å². The predicted molar refractivity (Wildman–Crippen MR) is 107 cm³/mol. The van der Waals surface area contributed by atoms with Crippen molar-refractivity contribution in [2.24, 2.45) is 0 Å². The molecule has 1 amide bonds. The number of nitrogens with zero attached hydrogens (tertiary/aromatic N) is 3. The molecule has 0 atom stereocenters. The molecule has 0 radical (unpaired) electrons. The average Bonchev–Trinajstić information content (AvgIpc) is 3.56. The van der Waals surface area contributed by atoms with Gasteiger partial charge in [-0.15, -0.1) is 0 Å². The number of rotatable bonds is 6. The number of likely N-dealkylation sites (tertiary alicyclic amines) is 1. The number of hydrogen-bond acceptors (Lipinski definition) is 4. The molecule has 154 valence electrons. The molecule has 2 aliphatic rings. The maximum Gasteiger partial charge on any atom is 0.317 e. The van der Waals surface area contributed by atoms with Gasteiger partial charge in [-0.3, -0.25) is 19.5 Å². The van der Waals surface area contributed by atoms with Crippen LogP contribution in [0.25, 0.3) is 10.9 Å². The number of likely N-dealkylation sites (N-methyl/N-ethyl adjacent to an activating group) is 1. The standard InChI is InChI=1S/C22H26FN3O3/c1-2-25(13-21(27)28)16-7-9-26(10-8-16)22(29)18-12-20(14-3-4-14)24-19-6-5-15(23)11-17(18)19/h5-6,11-12,14,16H,2-4,7-10,13H2,1H3,(H,27,28). The number of carbonyl (C=O) groups excluding carboxylic acids is 1. The SMILES string of the molecule is CCN(CC(=O)O)C1CCN(C(=O)c2cc(C3CC3)nc3ccc(F)cc23)CC1. The number of hydrogen-bond donors (Lipinski definition) is 1. The fraction of sp³-hybridized carbons (Fsp3) is 0.500. The Morgan fingerprint density at radius 3 is 2.55 bits per heavy atom. The van der Waals surface area contributed by atoms with E-state index in [9.17, 15) is 14.0 Å². The van der Waals surface area contributed by atoms with Gasteiger partial charge in [-0.25, -0.2) is 4.39 Å². The van der Waals surface area contributed by atoms with Gasteiger partial charge in [-0.05, 0) is 56.5 Å². The highest BCUT2D eigenvalue weighted by Gasteiger charge is 2.31. The van der Waals surface area contributed by atoms with Crippen LogP contribution in [0, 0.1) is 5.82 Å². The van der Waals surface area contributed by atoms with E-state index in [0.29, 0.717) is 42.0 Å². The van der Waals surface area contributed by atoms with Crippen LogP contribution in [0.1, 0.15) is 54.6 Å². The smallest absolute Gasteiger partial charge is 0.317 e. The van der Waals surface area contributed by atoms with Gasteiger partial charge in [0.25, 0.3) is 5.91 Å². The Balaban J connectivity index is 1.55. The molecule has 1 aromatic heterocycles. The van der Waals surface area contributed by atoms with Crippen molar-refractivity contribution < 1.29 is 19.1 Å². The highest BCUT2D eigenvalue weighted by atomic mass is 19.1. The lowest BCUT2D eigenvalue weighted by molar-refractivity contribution is -0.139. The summed E-state index contributed by atoms with van der Waals surface area (Å²) in [7, 11) is 0. The highest BCUT2D eigenvalue weighted by Crippen LogP contribution is 2.40. The Hall–Kier alpha value is -2.54. The third-order valence-electron chi connectivity index (χ3n) is 6.03. The minimum Gasteiger partial charge on any atom is -0.480 e. The van der Waals surface area contributed by atoms with E-state index in [1.54, 1.807) is 6.07 Å². The molecular weight excluding hydrogens is 373 g/mol. The van der Waals surface area contributed by atoms with Crippen molar-refractivity contribution in [1.82, 2.24) is 14.8 Å². The van der Waals surface area contributed by atoms with E-state index >= 15 is 0 Å². The van der Waals surface area contributed by atoms with Crippen LogP contribution in [-0.4, -0.2) is 64.0 Å². The molecule has 2 fully saturated rings. The normalized spacial score (nSPS) is 17.8. The number of aliphatic carboxylic acids is 1. The number of fused-ring (bicyclic) bond motifs is 1. The molecule has 1 aliphatic carbocycles. The van der Waals surface area contributed by atoms with Gasteiger partial charge >= 0.3 is 5.97 Å². The van der Waals surface area contributed by atoms with Crippen molar-refractivity contribution in [2.45, 2.75) is 44.6 Å². The summed E-state index contributed by atoms with van der Waals surface area (Å²) < 4.78 is 13.9. The van der Waals surface area contributed by atoms with E-state index in [4.69, 9.17) is 5.11 Å². The van der Waals surface area contributed by atoms with Gasteiger partial charge in [0.1, 0.15) is 5.82 Å². The quantitative estimate of drug-likeness (QED) is 0.807. The van der Waals surface area contributed by atoms with E-state index in [0.717, 1.165) is 31.4 Å². The Morgan fingerprint density at radius 2 is 1.93 bits per heavy atom. The molecule has 1 aliphatic heterocycles. The molecule has 6 nitrogen and oxygen atoms in total. The molecule has 4 rings (SSSR count). The molecule has 1 aromatic carbocycles. The van der Waals surface area contributed by atoms with Gasteiger partial charge in [-0.1, -0.05) is 6.92 Å². The summed E-state index contributed by atoms with van der Waals surface area (Å²) in [6.07, 6.45) is 3.63. The summed E-state index contributed by atoms with van der Waals surface area (Å²) in [5.41, 5.74) is 2.10. The van der Waals surface area contributed by atoms with Crippen LogP contribution < -0.4 is 0 Å². The predicted octanol–water partition coefficient (Wildman–Crippen LogP) is 3.26. The maximum atomic E-state index is 13.9. The molecule has 1 saturated carbocycles. The number of carboxylic acids is 1. The summed E-state index contributed by atoms with van der Waals surface area (Å²) in [5.74, 6) is -0.901. The van der Waals surface area contributed by atoms with Crippen LogP contribution in [0.2, 0.25) is 0 Å². The summed E-state index contributed by atoms with van der Waals surface area (Å²) in [4.78, 5) is 32.8. The van der Waals surface area contributed by atoms with Gasteiger partial charge in [-0.2, -0.15) is 0 Å². The van der Waals surface area contributed by atoms with Crippen molar-refractivity contribution in [3.05, 3.63) is 41.3 Å². The summed E-state index contributed by atoms with van der Waals surface area (Å²) >= 11 is 0. The first-order valence-electron chi connectivity index (χ1n) is 10.3. The monoisotopic (exact) mass is 399 g/mol. The van der Waals surface area contributed by atoms with Crippen molar-refractivity contribution in [2.75, 3.05) is 26.2 Å². The van der Waals surface area contributed by atoms with E-state index < -0.39 is 5.97 Å². The zero-order chi connectivity index (χ0) is 20.5. The molecule has 0 unspecified atom stereocenters. The van der Waals surface area contributed by atoms with E-state index in [1.165, 1.54) is 12.1 Å². The van der Waals surface area contributed by atoms with E-state index in [2.05, 4.69) is 4.98 Å². The van der Waals surface area contributed by atoms with Crippen LogP contribution in [0.4, 0.5) is 4.39 Å². The summed E-state index contributed by atoms with van der Waals surface area (Å²) in [5, 5.41) is 9.65. The maximum absolute atomic E-state index is 13.9. The number of halogens is 1.